The van der Waals surface area contributed by atoms with Crippen molar-refractivity contribution < 1.29 is 9.47 Å². The maximum atomic E-state index is 5.28. The Hall–Kier alpha value is -1.55. The van der Waals surface area contributed by atoms with Crippen molar-refractivity contribution in [3.63, 3.8) is 0 Å². The van der Waals surface area contributed by atoms with Gasteiger partial charge in [-0.05, 0) is 55.6 Å². The third kappa shape index (κ3) is 3.96. The van der Waals surface area contributed by atoms with E-state index in [9.17, 15) is 0 Å². The lowest BCUT2D eigenvalue weighted by Gasteiger charge is -2.20. The molecule has 4 heteroatoms. The number of hydrogen-bond acceptors (Lipinski definition) is 4. The zero-order valence-corrected chi connectivity index (χ0v) is 11.7. The number of aliphatic imine (C=N–C) groups is 1. The molecule has 1 aliphatic heterocycles. The molecule has 0 atom stereocenters. The Kier molecular flexibility index (Phi) is 5.21. The first-order chi connectivity index (χ1) is 9.33. The molecule has 0 spiro atoms. The van der Waals surface area contributed by atoms with Crippen molar-refractivity contribution in [1.82, 2.24) is 5.32 Å². The minimum Gasteiger partial charge on any atom is -0.493 e. The standard InChI is InChI=1S/C15H22N2O2/c1-18-14-4-3-13(9-15(14)19-2)11-17-10-12-5-7-16-8-6-12/h3-4,9,11-12,16H,5-8,10H2,1-2H3. The van der Waals surface area contributed by atoms with Gasteiger partial charge in [0.25, 0.3) is 0 Å². The smallest absolute Gasteiger partial charge is 0.161 e. The number of nitrogens with zero attached hydrogens (tertiary/aromatic N) is 1. The van der Waals surface area contributed by atoms with Gasteiger partial charge in [-0.25, -0.2) is 0 Å². The molecule has 104 valence electrons. The lowest BCUT2D eigenvalue weighted by atomic mass is 9.98. The van der Waals surface area contributed by atoms with Gasteiger partial charge in [0.2, 0.25) is 0 Å². The second-order valence-corrected chi connectivity index (χ2v) is 4.80. The van der Waals surface area contributed by atoms with Crippen LogP contribution in [-0.2, 0) is 0 Å². The molecule has 1 N–H and O–H groups in total. The Morgan fingerprint density at radius 1 is 1.21 bits per heavy atom. The SMILES string of the molecule is COc1ccc(C=NCC2CCNCC2)cc1OC. The van der Waals surface area contributed by atoms with E-state index in [0.29, 0.717) is 0 Å². The molecule has 19 heavy (non-hydrogen) atoms. The van der Waals surface area contributed by atoms with E-state index in [1.54, 1.807) is 14.2 Å². The van der Waals surface area contributed by atoms with Crippen molar-refractivity contribution in [1.29, 1.82) is 0 Å². The van der Waals surface area contributed by atoms with Gasteiger partial charge in [0.15, 0.2) is 11.5 Å². The highest BCUT2D eigenvalue weighted by atomic mass is 16.5. The fraction of sp³-hybridized carbons (Fsp3) is 0.533. The monoisotopic (exact) mass is 262 g/mol. The molecule has 0 amide bonds. The third-order valence-corrected chi connectivity index (χ3v) is 3.47. The first-order valence-electron chi connectivity index (χ1n) is 6.76. The van der Waals surface area contributed by atoms with Crippen LogP contribution in [0.5, 0.6) is 11.5 Å². The van der Waals surface area contributed by atoms with Crippen LogP contribution in [0.4, 0.5) is 0 Å². The summed E-state index contributed by atoms with van der Waals surface area (Å²) in [5, 5.41) is 3.37. The van der Waals surface area contributed by atoms with E-state index in [1.807, 2.05) is 24.4 Å². The van der Waals surface area contributed by atoms with Crippen LogP contribution < -0.4 is 14.8 Å². The van der Waals surface area contributed by atoms with E-state index in [-0.39, 0.29) is 0 Å². The van der Waals surface area contributed by atoms with E-state index >= 15 is 0 Å². The summed E-state index contributed by atoms with van der Waals surface area (Å²) in [6.45, 7) is 3.16. The summed E-state index contributed by atoms with van der Waals surface area (Å²) in [5.74, 6) is 2.21. The highest BCUT2D eigenvalue weighted by molar-refractivity contribution is 5.80. The summed E-state index contributed by atoms with van der Waals surface area (Å²) in [6, 6.07) is 5.85. The first kappa shape index (κ1) is 13.9. The molecular formula is C15H22N2O2. The van der Waals surface area contributed by atoms with Crippen LogP contribution >= 0.6 is 0 Å². The van der Waals surface area contributed by atoms with Crippen LogP contribution in [0.25, 0.3) is 0 Å². The van der Waals surface area contributed by atoms with Gasteiger partial charge in [-0.1, -0.05) is 0 Å². The van der Waals surface area contributed by atoms with Gasteiger partial charge < -0.3 is 14.8 Å². The van der Waals surface area contributed by atoms with Gasteiger partial charge in [-0.15, -0.1) is 0 Å². The molecular weight excluding hydrogens is 240 g/mol. The zero-order valence-electron chi connectivity index (χ0n) is 11.7. The maximum Gasteiger partial charge on any atom is 0.161 e. The molecule has 4 nitrogen and oxygen atoms in total. The number of benzene rings is 1. The number of rotatable bonds is 5. The molecule has 0 bridgehead atoms. The molecule has 1 aromatic rings. The summed E-state index contributed by atoms with van der Waals surface area (Å²) in [4.78, 5) is 4.55. The molecule has 1 saturated heterocycles. The Morgan fingerprint density at radius 3 is 2.63 bits per heavy atom. The van der Waals surface area contributed by atoms with Crippen LogP contribution in [-0.4, -0.2) is 40.1 Å². The van der Waals surface area contributed by atoms with E-state index in [4.69, 9.17) is 9.47 Å². The molecule has 0 aromatic heterocycles. The largest absolute Gasteiger partial charge is 0.493 e. The summed E-state index contributed by atoms with van der Waals surface area (Å²) < 4.78 is 10.5. The Labute approximate surface area is 114 Å². The van der Waals surface area contributed by atoms with Crippen LogP contribution in [0, 0.1) is 5.92 Å². The molecule has 0 saturated carbocycles. The number of nitrogens with one attached hydrogen (secondary N) is 1. The van der Waals surface area contributed by atoms with Gasteiger partial charge >= 0.3 is 0 Å². The number of methoxy groups -OCH3 is 2. The Balaban J connectivity index is 1.94. The van der Waals surface area contributed by atoms with Crippen molar-refractivity contribution in [2.45, 2.75) is 12.8 Å². The van der Waals surface area contributed by atoms with Crippen LogP contribution in [0.1, 0.15) is 18.4 Å². The molecule has 2 rings (SSSR count). The topological polar surface area (TPSA) is 42.8 Å². The highest BCUT2D eigenvalue weighted by Gasteiger charge is 2.11. The van der Waals surface area contributed by atoms with Gasteiger partial charge in [-0.3, -0.25) is 4.99 Å². The molecule has 1 heterocycles. The van der Waals surface area contributed by atoms with E-state index < -0.39 is 0 Å². The number of piperidine rings is 1. The predicted octanol–water partition coefficient (Wildman–Crippen LogP) is 2.12. The average Bonchev–Trinajstić information content (AvgIpc) is 2.48. The number of ether oxygens (including phenoxy) is 2. The maximum absolute atomic E-state index is 5.28. The van der Waals surface area contributed by atoms with Crippen LogP contribution in [0.3, 0.4) is 0 Å². The van der Waals surface area contributed by atoms with Gasteiger partial charge in [0, 0.05) is 12.8 Å². The minimum absolute atomic E-state index is 0.720. The predicted molar refractivity (Wildman–Crippen MR) is 77.6 cm³/mol. The molecule has 1 aromatic carbocycles. The van der Waals surface area contributed by atoms with Crippen LogP contribution in [0.15, 0.2) is 23.2 Å². The van der Waals surface area contributed by atoms with Gasteiger partial charge in [0.05, 0.1) is 14.2 Å². The molecule has 1 aliphatic rings. The second kappa shape index (κ2) is 7.14. The Morgan fingerprint density at radius 2 is 1.95 bits per heavy atom. The van der Waals surface area contributed by atoms with Crippen molar-refractivity contribution in [2.24, 2.45) is 10.9 Å². The van der Waals surface area contributed by atoms with Gasteiger partial charge in [0.1, 0.15) is 0 Å². The minimum atomic E-state index is 0.720. The van der Waals surface area contributed by atoms with E-state index in [0.717, 1.165) is 42.6 Å². The third-order valence-electron chi connectivity index (χ3n) is 3.47. The van der Waals surface area contributed by atoms with E-state index in [2.05, 4.69) is 10.3 Å². The summed E-state index contributed by atoms with van der Waals surface area (Å²) in [5.41, 5.74) is 1.05. The molecule has 0 aliphatic carbocycles. The quantitative estimate of drug-likeness (QED) is 0.827. The van der Waals surface area contributed by atoms with Crippen molar-refractivity contribution in [3.8, 4) is 11.5 Å². The molecule has 1 fully saturated rings. The molecule has 0 unspecified atom stereocenters. The zero-order chi connectivity index (χ0) is 13.5. The fourth-order valence-corrected chi connectivity index (χ4v) is 2.30. The number of hydrogen-bond donors (Lipinski definition) is 1. The summed E-state index contributed by atoms with van der Waals surface area (Å²) in [6.07, 6.45) is 4.37. The lowest BCUT2D eigenvalue weighted by molar-refractivity contribution is 0.355. The average molecular weight is 262 g/mol. The summed E-state index contributed by atoms with van der Waals surface area (Å²) >= 11 is 0. The van der Waals surface area contributed by atoms with Crippen LogP contribution in [0.2, 0.25) is 0 Å². The lowest BCUT2D eigenvalue weighted by Crippen LogP contribution is -2.28. The summed E-state index contributed by atoms with van der Waals surface area (Å²) in [7, 11) is 3.29. The highest BCUT2D eigenvalue weighted by Crippen LogP contribution is 2.26. The van der Waals surface area contributed by atoms with Crippen molar-refractivity contribution in [2.75, 3.05) is 33.9 Å². The van der Waals surface area contributed by atoms with E-state index in [1.165, 1.54) is 12.8 Å². The second-order valence-electron chi connectivity index (χ2n) is 4.80. The Bertz CT molecular complexity index is 426. The first-order valence-corrected chi connectivity index (χ1v) is 6.76. The fourth-order valence-electron chi connectivity index (χ4n) is 2.30. The normalized spacial score (nSPS) is 16.7. The van der Waals surface area contributed by atoms with Gasteiger partial charge in [-0.2, -0.15) is 0 Å². The van der Waals surface area contributed by atoms with Crippen molar-refractivity contribution in [3.05, 3.63) is 23.8 Å². The molecule has 0 radical (unpaired) electrons. The van der Waals surface area contributed by atoms with Crippen molar-refractivity contribution >= 4 is 6.21 Å².